The second-order valence-corrected chi connectivity index (χ2v) is 6.22. The minimum Gasteiger partial charge on any atom is -0.369 e. The van der Waals surface area contributed by atoms with Crippen molar-refractivity contribution in [2.24, 2.45) is 11.7 Å². The molecule has 1 aliphatic heterocycles. The lowest BCUT2D eigenvalue weighted by Crippen LogP contribution is -2.41. The summed E-state index contributed by atoms with van der Waals surface area (Å²) in [7, 11) is 0. The van der Waals surface area contributed by atoms with E-state index in [1.165, 1.54) is 17.8 Å². The summed E-state index contributed by atoms with van der Waals surface area (Å²) in [5.74, 6) is -0.0341. The van der Waals surface area contributed by atoms with Gasteiger partial charge in [-0.3, -0.25) is 9.59 Å². The van der Waals surface area contributed by atoms with Crippen molar-refractivity contribution >= 4 is 23.6 Å². The molecule has 1 heterocycles. The third-order valence-electron chi connectivity index (χ3n) is 3.66. The first kappa shape index (κ1) is 15.8. The van der Waals surface area contributed by atoms with Crippen molar-refractivity contribution in [3.05, 3.63) is 30.1 Å². The van der Waals surface area contributed by atoms with Gasteiger partial charge in [-0.1, -0.05) is 12.1 Å². The summed E-state index contributed by atoms with van der Waals surface area (Å²) < 4.78 is 13.4. The number of thioether (sulfide) groups is 1. The Kier molecular flexibility index (Phi) is 5.61. The van der Waals surface area contributed by atoms with Crippen molar-refractivity contribution in [2.45, 2.75) is 24.2 Å². The van der Waals surface area contributed by atoms with Crippen LogP contribution in [0.15, 0.2) is 29.2 Å². The van der Waals surface area contributed by atoms with Crippen molar-refractivity contribution in [3.63, 3.8) is 0 Å². The maximum Gasteiger partial charge on any atom is 0.223 e. The summed E-state index contributed by atoms with van der Waals surface area (Å²) >= 11 is 1.35. The van der Waals surface area contributed by atoms with E-state index in [0.29, 0.717) is 43.0 Å². The number of nitrogens with two attached hydrogens (primary N) is 1. The molecule has 0 bridgehead atoms. The van der Waals surface area contributed by atoms with Crippen molar-refractivity contribution < 1.29 is 14.0 Å². The number of hydrogen-bond donors (Lipinski definition) is 1. The van der Waals surface area contributed by atoms with Crippen LogP contribution in [-0.4, -0.2) is 35.6 Å². The molecular formula is C15H19FN2O2S. The fourth-order valence-corrected chi connectivity index (χ4v) is 3.26. The number of halogens is 1. The summed E-state index contributed by atoms with van der Waals surface area (Å²) in [5.41, 5.74) is 5.27. The molecule has 114 valence electrons. The Morgan fingerprint density at radius 3 is 2.57 bits per heavy atom. The van der Waals surface area contributed by atoms with Crippen LogP contribution in [0.1, 0.15) is 19.3 Å². The van der Waals surface area contributed by atoms with Gasteiger partial charge in [0.05, 0.1) is 0 Å². The van der Waals surface area contributed by atoms with Gasteiger partial charge in [0.1, 0.15) is 5.82 Å². The van der Waals surface area contributed by atoms with E-state index >= 15 is 0 Å². The third kappa shape index (κ3) is 4.46. The molecule has 2 rings (SSSR count). The Hall–Kier alpha value is -1.56. The first-order chi connectivity index (χ1) is 10.1. The molecule has 1 fully saturated rings. The summed E-state index contributed by atoms with van der Waals surface area (Å²) in [6, 6.07) is 6.55. The summed E-state index contributed by atoms with van der Waals surface area (Å²) in [6.07, 6.45) is 1.66. The van der Waals surface area contributed by atoms with Gasteiger partial charge in [0.15, 0.2) is 0 Å². The van der Waals surface area contributed by atoms with E-state index in [1.54, 1.807) is 23.1 Å². The number of nitrogens with zero attached hydrogens (tertiary/aromatic N) is 1. The van der Waals surface area contributed by atoms with Gasteiger partial charge in [0, 0.05) is 36.1 Å². The zero-order valence-corrected chi connectivity index (χ0v) is 12.6. The minimum atomic E-state index is -0.280. The Bertz CT molecular complexity index is 516. The smallest absolute Gasteiger partial charge is 0.223 e. The van der Waals surface area contributed by atoms with E-state index in [1.807, 2.05) is 0 Å². The number of carbonyl (C=O) groups is 2. The van der Waals surface area contributed by atoms with Crippen LogP contribution >= 0.6 is 11.8 Å². The first-order valence-electron chi connectivity index (χ1n) is 7.02. The normalized spacial score (nSPS) is 16.0. The SMILES string of the molecule is NC(=O)C1CCN(C(=O)CCSc2ccccc2F)CC1. The number of rotatable bonds is 5. The number of amides is 2. The molecular weight excluding hydrogens is 291 g/mol. The van der Waals surface area contributed by atoms with E-state index in [-0.39, 0.29) is 23.5 Å². The van der Waals surface area contributed by atoms with E-state index < -0.39 is 0 Å². The van der Waals surface area contributed by atoms with Crippen LogP contribution in [0, 0.1) is 11.7 Å². The molecule has 6 heteroatoms. The lowest BCUT2D eigenvalue weighted by molar-refractivity contribution is -0.134. The van der Waals surface area contributed by atoms with Gasteiger partial charge in [-0.15, -0.1) is 11.8 Å². The highest BCUT2D eigenvalue weighted by atomic mass is 32.2. The Labute approximate surface area is 127 Å². The topological polar surface area (TPSA) is 63.4 Å². The van der Waals surface area contributed by atoms with Crippen LogP contribution in [0.4, 0.5) is 4.39 Å². The molecule has 0 unspecified atom stereocenters. The minimum absolute atomic E-state index is 0.0572. The zero-order chi connectivity index (χ0) is 15.2. The molecule has 0 aromatic heterocycles. The van der Waals surface area contributed by atoms with E-state index in [0.717, 1.165) is 0 Å². The molecule has 0 atom stereocenters. The number of benzene rings is 1. The van der Waals surface area contributed by atoms with Crippen molar-refractivity contribution in [2.75, 3.05) is 18.8 Å². The van der Waals surface area contributed by atoms with Crippen molar-refractivity contribution in [1.29, 1.82) is 0 Å². The monoisotopic (exact) mass is 310 g/mol. The first-order valence-corrected chi connectivity index (χ1v) is 8.01. The molecule has 1 aromatic carbocycles. The molecule has 1 saturated heterocycles. The van der Waals surface area contributed by atoms with Crippen LogP contribution in [-0.2, 0) is 9.59 Å². The van der Waals surface area contributed by atoms with E-state index in [2.05, 4.69) is 0 Å². The quantitative estimate of drug-likeness (QED) is 0.846. The largest absolute Gasteiger partial charge is 0.369 e. The number of carbonyl (C=O) groups excluding carboxylic acids is 2. The average Bonchev–Trinajstić information content (AvgIpc) is 2.49. The van der Waals surface area contributed by atoms with Crippen LogP contribution < -0.4 is 5.73 Å². The summed E-state index contributed by atoms with van der Waals surface area (Å²) in [5, 5.41) is 0. The van der Waals surface area contributed by atoms with Gasteiger partial charge in [0.2, 0.25) is 11.8 Å². The van der Waals surface area contributed by atoms with Crippen molar-refractivity contribution in [3.8, 4) is 0 Å². The third-order valence-corrected chi connectivity index (χ3v) is 4.71. The zero-order valence-electron chi connectivity index (χ0n) is 11.8. The highest BCUT2D eigenvalue weighted by Crippen LogP contribution is 2.23. The van der Waals surface area contributed by atoms with Gasteiger partial charge < -0.3 is 10.6 Å². The maximum atomic E-state index is 13.4. The Morgan fingerprint density at radius 2 is 1.95 bits per heavy atom. The lowest BCUT2D eigenvalue weighted by atomic mass is 9.96. The summed E-state index contributed by atoms with van der Waals surface area (Å²) in [6.45, 7) is 1.16. The van der Waals surface area contributed by atoms with E-state index in [4.69, 9.17) is 5.73 Å². The second kappa shape index (κ2) is 7.45. The fraction of sp³-hybridized carbons (Fsp3) is 0.467. The lowest BCUT2D eigenvalue weighted by Gasteiger charge is -2.30. The Balaban J connectivity index is 1.73. The highest BCUT2D eigenvalue weighted by molar-refractivity contribution is 7.99. The molecule has 1 aromatic rings. The standard InChI is InChI=1S/C15H19FN2O2S/c16-12-3-1-2-4-13(12)21-10-7-14(19)18-8-5-11(6-9-18)15(17)20/h1-4,11H,5-10H2,(H2,17,20). The molecule has 0 spiro atoms. The molecule has 0 radical (unpaired) electrons. The molecule has 2 N–H and O–H groups in total. The Morgan fingerprint density at radius 1 is 1.29 bits per heavy atom. The van der Waals surface area contributed by atoms with Crippen LogP contribution in [0.3, 0.4) is 0 Å². The second-order valence-electron chi connectivity index (χ2n) is 5.09. The number of piperidine rings is 1. The predicted molar refractivity (Wildman–Crippen MR) is 80.2 cm³/mol. The van der Waals surface area contributed by atoms with Crippen molar-refractivity contribution in [1.82, 2.24) is 4.90 Å². The fourth-order valence-electron chi connectivity index (χ4n) is 2.38. The maximum absolute atomic E-state index is 13.4. The molecule has 0 aliphatic carbocycles. The van der Waals surface area contributed by atoms with Crippen LogP contribution in [0.2, 0.25) is 0 Å². The molecule has 1 aliphatic rings. The molecule has 21 heavy (non-hydrogen) atoms. The predicted octanol–water partition coefficient (Wildman–Crippen LogP) is 2.03. The van der Waals surface area contributed by atoms with Gasteiger partial charge in [-0.05, 0) is 25.0 Å². The van der Waals surface area contributed by atoms with Gasteiger partial charge in [-0.25, -0.2) is 4.39 Å². The number of primary amides is 1. The molecule has 0 saturated carbocycles. The summed E-state index contributed by atoms with van der Waals surface area (Å²) in [4.78, 5) is 25.5. The van der Waals surface area contributed by atoms with Crippen LogP contribution in [0.25, 0.3) is 0 Å². The van der Waals surface area contributed by atoms with Crippen LogP contribution in [0.5, 0.6) is 0 Å². The van der Waals surface area contributed by atoms with Gasteiger partial charge >= 0.3 is 0 Å². The molecule has 2 amide bonds. The van der Waals surface area contributed by atoms with Gasteiger partial charge in [-0.2, -0.15) is 0 Å². The molecule has 4 nitrogen and oxygen atoms in total. The highest BCUT2D eigenvalue weighted by Gasteiger charge is 2.25. The number of likely N-dealkylation sites (tertiary alicyclic amines) is 1. The van der Waals surface area contributed by atoms with E-state index in [9.17, 15) is 14.0 Å². The number of hydrogen-bond acceptors (Lipinski definition) is 3. The van der Waals surface area contributed by atoms with Gasteiger partial charge in [0.25, 0.3) is 0 Å². The average molecular weight is 310 g/mol.